The molecule has 4 N–H and O–H groups in total. The van der Waals surface area contributed by atoms with Gasteiger partial charge in [0.05, 0.1) is 0 Å². The van der Waals surface area contributed by atoms with Crippen LogP contribution in [0.25, 0.3) is 0 Å². The zero-order valence-corrected chi connectivity index (χ0v) is 7.95. The van der Waals surface area contributed by atoms with Crippen molar-refractivity contribution >= 4 is 0 Å². The third kappa shape index (κ3) is 3.57. The minimum atomic E-state index is 0.174. The van der Waals surface area contributed by atoms with E-state index in [1.165, 1.54) is 5.56 Å². The maximum atomic E-state index is 5.99. The summed E-state index contributed by atoms with van der Waals surface area (Å²) in [6.07, 6.45) is 3.22. The lowest BCUT2D eigenvalue weighted by Gasteiger charge is -2.10. The van der Waals surface area contributed by atoms with Crippen LogP contribution < -0.4 is 11.5 Å². The van der Waals surface area contributed by atoms with Gasteiger partial charge in [-0.1, -0.05) is 36.8 Å². The second kappa shape index (κ2) is 5.73. The summed E-state index contributed by atoms with van der Waals surface area (Å²) >= 11 is 0. The second-order valence-corrected chi connectivity index (χ2v) is 3.30. The molecule has 1 aromatic carbocycles. The van der Waals surface area contributed by atoms with E-state index in [0.29, 0.717) is 0 Å². The minimum Gasteiger partial charge on any atom is -0.330 e. The molecule has 0 aliphatic rings. The highest BCUT2D eigenvalue weighted by atomic mass is 14.6. The Bertz CT molecular complexity index is 221. The fourth-order valence-electron chi connectivity index (χ4n) is 1.38. The lowest BCUT2D eigenvalue weighted by atomic mass is 10.0. The first-order valence-electron chi connectivity index (χ1n) is 4.85. The molecule has 1 atom stereocenters. The van der Waals surface area contributed by atoms with E-state index in [4.69, 9.17) is 11.5 Å². The number of hydrogen-bond donors (Lipinski definition) is 2. The van der Waals surface area contributed by atoms with Crippen molar-refractivity contribution < 1.29 is 0 Å². The molecule has 0 aliphatic heterocycles. The normalized spacial score (nSPS) is 12.8. The molecule has 0 saturated heterocycles. The standard InChI is InChI=1S/C11H18N2/c12-9-5-4-8-11(13)10-6-2-1-3-7-10/h1-3,6-7,11H,4-5,8-9,12-13H2. The highest BCUT2D eigenvalue weighted by Gasteiger charge is 2.03. The summed E-state index contributed by atoms with van der Waals surface area (Å²) in [6.45, 7) is 0.765. The van der Waals surface area contributed by atoms with Crippen molar-refractivity contribution in [2.45, 2.75) is 25.3 Å². The first kappa shape index (κ1) is 10.2. The van der Waals surface area contributed by atoms with E-state index in [0.717, 1.165) is 25.8 Å². The van der Waals surface area contributed by atoms with Crippen LogP contribution in [0.5, 0.6) is 0 Å². The van der Waals surface area contributed by atoms with Gasteiger partial charge in [-0.05, 0) is 24.9 Å². The lowest BCUT2D eigenvalue weighted by Crippen LogP contribution is -2.10. The summed E-state index contributed by atoms with van der Waals surface area (Å²) in [6, 6.07) is 10.4. The van der Waals surface area contributed by atoms with Crippen molar-refractivity contribution in [3.05, 3.63) is 35.9 Å². The maximum Gasteiger partial charge on any atom is 0.0294 e. The molecular formula is C11H18N2. The molecule has 0 aliphatic carbocycles. The molecule has 0 radical (unpaired) electrons. The van der Waals surface area contributed by atoms with E-state index in [2.05, 4.69) is 12.1 Å². The largest absolute Gasteiger partial charge is 0.330 e. The SMILES string of the molecule is NCCCCC(N)c1ccccc1. The van der Waals surface area contributed by atoms with Crippen LogP contribution in [-0.2, 0) is 0 Å². The average Bonchev–Trinajstić information content (AvgIpc) is 2.19. The molecule has 2 heteroatoms. The molecule has 72 valence electrons. The van der Waals surface area contributed by atoms with Crippen molar-refractivity contribution in [2.75, 3.05) is 6.54 Å². The Hall–Kier alpha value is -0.860. The predicted octanol–water partition coefficient (Wildman–Crippen LogP) is 1.82. The van der Waals surface area contributed by atoms with Gasteiger partial charge in [-0.15, -0.1) is 0 Å². The van der Waals surface area contributed by atoms with E-state index in [9.17, 15) is 0 Å². The molecule has 0 bridgehead atoms. The van der Waals surface area contributed by atoms with Crippen LogP contribution in [0.1, 0.15) is 30.9 Å². The Balaban J connectivity index is 2.35. The molecule has 0 fully saturated rings. The molecule has 13 heavy (non-hydrogen) atoms. The number of benzene rings is 1. The van der Waals surface area contributed by atoms with Gasteiger partial charge in [-0.3, -0.25) is 0 Å². The summed E-state index contributed by atoms with van der Waals surface area (Å²) in [5.41, 5.74) is 12.6. The number of nitrogens with two attached hydrogens (primary N) is 2. The molecule has 2 nitrogen and oxygen atoms in total. The van der Waals surface area contributed by atoms with E-state index in [-0.39, 0.29) is 6.04 Å². The van der Waals surface area contributed by atoms with Gasteiger partial charge < -0.3 is 11.5 Å². The second-order valence-electron chi connectivity index (χ2n) is 3.30. The van der Waals surface area contributed by atoms with Gasteiger partial charge in [0.2, 0.25) is 0 Å². The predicted molar refractivity (Wildman–Crippen MR) is 56.3 cm³/mol. The van der Waals surface area contributed by atoms with E-state index < -0.39 is 0 Å². The molecule has 0 aromatic heterocycles. The van der Waals surface area contributed by atoms with Crippen LogP contribution in [-0.4, -0.2) is 6.54 Å². The van der Waals surface area contributed by atoms with Crippen LogP contribution in [0.15, 0.2) is 30.3 Å². The van der Waals surface area contributed by atoms with Crippen molar-refractivity contribution in [3.8, 4) is 0 Å². The van der Waals surface area contributed by atoms with Gasteiger partial charge in [-0.2, -0.15) is 0 Å². The smallest absolute Gasteiger partial charge is 0.0294 e. The quantitative estimate of drug-likeness (QED) is 0.676. The van der Waals surface area contributed by atoms with Crippen molar-refractivity contribution in [1.29, 1.82) is 0 Å². The summed E-state index contributed by atoms with van der Waals surface area (Å²) in [7, 11) is 0. The van der Waals surface area contributed by atoms with Crippen molar-refractivity contribution in [3.63, 3.8) is 0 Å². The van der Waals surface area contributed by atoms with Crippen LogP contribution in [0.3, 0.4) is 0 Å². The Labute approximate surface area is 79.9 Å². The Morgan fingerprint density at radius 2 is 1.77 bits per heavy atom. The number of unbranched alkanes of at least 4 members (excludes halogenated alkanes) is 1. The highest BCUT2D eigenvalue weighted by Crippen LogP contribution is 2.15. The minimum absolute atomic E-state index is 0.174. The Kier molecular flexibility index (Phi) is 4.50. The first-order chi connectivity index (χ1) is 6.34. The van der Waals surface area contributed by atoms with E-state index in [1.54, 1.807) is 0 Å². The van der Waals surface area contributed by atoms with Crippen LogP contribution >= 0.6 is 0 Å². The van der Waals surface area contributed by atoms with E-state index >= 15 is 0 Å². The third-order valence-corrected chi connectivity index (χ3v) is 2.20. The first-order valence-corrected chi connectivity index (χ1v) is 4.85. The van der Waals surface area contributed by atoms with Gasteiger partial charge in [0.25, 0.3) is 0 Å². The zero-order valence-electron chi connectivity index (χ0n) is 7.95. The number of hydrogen-bond acceptors (Lipinski definition) is 2. The van der Waals surface area contributed by atoms with Gasteiger partial charge in [-0.25, -0.2) is 0 Å². The number of rotatable bonds is 5. The fourth-order valence-corrected chi connectivity index (χ4v) is 1.38. The molecular weight excluding hydrogens is 160 g/mol. The monoisotopic (exact) mass is 178 g/mol. The molecule has 1 rings (SSSR count). The van der Waals surface area contributed by atoms with E-state index in [1.807, 2.05) is 18.2 Å². The van der Waals surface area contributed by atoms with Gasteiger partial charge in [0.15, 0.2) is 0 Å². The topological polar surface area (TPSA) is 52.0 Å². The molecule has 0 spiro atoms. The van der Waals surface area contributed by atoms with Crippen LogP contribution in [0.2, 0.25) is 0 Å². The summed E-state index contributed by atoms with van der Waals surface area (Å²) in [4.78, 5) is 0. The molecule has 1 unspecified atom stereocenters. The van der Waals surface area contributed by atoms with Gasteiger partial charge in [0, 0.05) is 6.04 Å². The summed E-state index contributed by atoms with van der Waals surface area (Å²) < 4.78 is 0. The maximum absolute atomic E-state index is 5.99. The third-order valence-electron chi connectivity index (χ3n) is 2.20. The molecule has 0 saturated carbocycles. The van der Waals surface area contributed by atoms with Gasteiger partial charge >= 0.3 is 0 Å². The highest BCUT2D eigenvalue weighted by molar-refractivity contribution is 5.18. The van der Waals surface area contributed by atoms with Gasteiger partial charge in [0.1, 0.15) is 0 Å². The van der Waals surface area contributed by atoms with Crippen LogP contribution in [0, 0.1) is 0 Å². The van der Waals surface area contributed by atoms with Crippen molar-refractivity contribution in [1.82, 2.24) is 0 Å². The molecule has 0 heterocycles. The Morgan fingerprint density at radius 3 is 2.38 bits per heavy atom. The summed E-state index contributed by atoms with van der Waals surface area (Å²) in [5.74, 6) is 0. The Morgan fingerprint density at radius 1 is 1.08 bits per heavy atom. The molecule has 1 aromatic rings. The fraction of sp³-hybridized carbons (Fsp3) is 0.455. The van der Waals surface area contributed by atoms with Crippen molar-refractivity contribution in [2.24, 2.45) is 11.5 Å². The average molecular weight is 178 g/mol. The zero-order chi connectivity index (χ0) is 9.52. The lowest BCUT2D eigenvalue weighted by molar-refractivity contribution is 0.591. The summed E-state index contributed by atoms with van der Waals surface area (Å²) in [5, 5.41) is 0. The van der Waals surface area contributed by atoms with Crippen LogP contribution in [0.4, 0.5) is 0 Å². The molecule has 0 amide bonds.